The Morgan fingerprint density at radius 2 is 1.63 bits per heavy atom. The van der Waals surface area contributed by atoms with Crippen molar-refractivity contribution in [3.63, 3.8) is 0 Å². The van der Waals surface area contributed by atoms with Crippen LogP contribution in [0.1, 0.15) is 15.9 Å². The van der Waals surface area contributed by atoms with E-state index in [0.717, 1.165) is 32.7 Å². The van der Waals surface area contributed by atoms with Crippen LogP contribution in [0.25, 0.3) is 22.5 Å². The first-order valence-electron chi connectivity index (χ1n) is 8.97. The smallest absolute Gasteiger partial charge is 0.344 e. The Hall–Kier alpha value is -2.06. The lowest BCUT2D eigenvalue weighted by atomic mass is 10.0. The van der Waals surface area contributed by atoms with Gasteiger partial charge in [0.05, 0.1) is 5.56 Å². The van der Waals surface area contributed by atoms with E-state index in [2.05, 4.69) is 24.3 Å². The number of thioether (sulfide) groups is 1. The first-order valence-corrected chi connectivity index (χ1v) is 12.1. The molecule has 0 radical (unpaired) electrons. The van der Waals surface area contributed by atoms with E-state index in [0.29, 0.717) is 27.3 Å². The maximum Gasteiger partial charge on any atom is 0.344 e. The normalized spacial score (nSPS) is 11.0. The predicted molar refractivity (Wildman–Crippen MR) is 130 cm³/mol. The summed E-state index contributed by atoms with van der Waals surface area (Å²) in [4.78, 5) is 27.6. The molecule has 0 unspecified atom stereocenters. The van der Waals surface area contributed by atoms with E-state index < -0.39 is 5.63 Å². The Labute approximate surface area is 192 Å². The van der Waals surface area contributed by atoms with Gasteiger partial charge in [-0.2, -0.15) is 0 Å². The summed E-state index contributed by atoms with van der Waals surface area (Å²) < 4.78 is 5.56. The third-order valence-corrected chi connectivity index (χ3v) is 7.14. The highest BCUT2D eigenvalue weighted by Gasteiger charge is 2.21. The van der Waals surface area contributed by atoms with Crippen LogP contribution >= 0.6 is 46.8 Å². The van der Waals surface area contributed by atoms with Crippen molar-refractivity contribution in [1.82, 2.24) is 0 Å². The van der Waals surface area contributed by atoms with Crippen molar-refractivity contribution >= 4 is 52.0 Å². The molecule has 7 heteroatoms. The average molecular weight is 469 g/mol. The second kappa shape index (κ2) is 8.98. The van der Waals surface area contributed by atoms with Crippen molar-refractivity contribution < 1.29 is 9.21 Å². The third kappa shape index (κ3) is 4.34. The molecule has 0 N–H and O–H groups in total. The minimum Gasteiger partial charge on any atom is -0.422 e. The lowest BCUT2D eigenvalue weighted by Crippen LogP contribution is -1.95. The lowest BCUT2D eigenvalue weighted by Gasteiger charge is -2.03. The van der Waals surface area contributed by atoms with Gasteiger partial charge in [0, 0.05) is 25.8 Å². The second-order valence-electron chi connectivity index (χ2n) is 6.64. The van der Waals surface area contributed by atoms with Crippen LogP contribution in [0.4, 0.5) is 0 Å². The Morgan fingerprint density at radius 1 is 0.933 bits per heavy atom. The predicted octanol–water partition coefficient (Wildman–Crippen LogP) is 6.88. The van der Waals surface area contributed by atoms with Gasteiger partial charge in [-0.05, 0) is 66.7 Å². The van der Waals surface area contributed by atoms with E-state index in [1.165, 1.54) is 10.8 Å². The molecule has 2 aliphatic rings. The summed E-state index contributed by atoms with van der Waals surface area (Å²) >= 11 is 9.68. The Balaban J connectivity index is 1.77. The number of fused-ring (bicyclic) bond motifs is 1. The lowest BCUT2D eigenvalue weighted by molar-refractivity contribution is 0.108. The monoisotopic (exact) mass is 468 g/mol. The number of benzene rings is 2. The summed E-state index contributed by atoms with van der Waals surface area (Å²) in [6.45, 7) is 2.00. The minimum absolute atomic E-state index is 0.112. The molecule has 0 saturated heterocycles. The van der Waals surface area contributed by atoms with Gasteiger partial charge in [0.15, 0.2) is 0 Å². The molecule has 1 aliphatic carbocycles. The number of furan rings is 1. The molecule has 2 aromatic carbocycles. The Morgan fingerprint density at radius 3 is 2.30 bits per heavy atom. The van der Waals surface area contributed by atoms with E-state index in [1.807, 2.05) is 43.3 Å². The van der Waals surface area contributed by atoms with Crippen LogP contribution in [0, 0.1) is 6.92 Å². The number of thiol groups is 2. The summed E-state index contributed by atoms with van der Waals surface area (Å²) in [6, 6.07) is 20.2. The van der Waals surface area contributed by atoms with Crippen molar-refractivity contribution in [3.05, 3.63) is 88.3 Å². The number of hydrogen-bond donors (Lipinski definition) is 2. The maximum absolute atomic E-state index is 12.8. The molecule has 0 saturated carbocycles. The van der Waals surface area contributed by atoms with Crippen molar-refractivity contribution in [3.8, 4) is 22.5 Å². The molecule has 0 amide bonds. The van der Waals surface area contributed by atoms with Crippen molar-refractivity contribution in [2.45, 2.75) is 21.6 Å². The number of carbonyl (C=O) groups excluding carboxylic acids is 1. The zero-order chi connectivity index (χ0) is 21.3. The van der Waals surface area contributed by atoms with Gasteiger partial charge in [0.2, 0.25) is 5.12 Å². The zero-order valence-corrected chi connectivity index (χ0v) is 19.2. The maximum atomic E-state index is 12.8. The molecular formula is C23H16O3S4. The zero-order valence-electron chi connectivity index (χ0n) is 15.8. The molecule has 0 aromatic heterocycles. The highest BCUT2D eigenvalue weighted by atomic mass is 33.1. The molecule has 0 spiro atoms. The van der Waals surface area contributed by atoms with Gasteiger partial charge in [-0.3, -0.25) is 4.79 Å². The molecule has 3 nitrogen and oxygen atoms in total. The van der Waals surface area contributed by atoms with Gasteiger partial charge >= 0.3 is 5.63 Å². The topological polar surface area (TPSA) is 47.3 Å². The molecule has 2 aromatic rings. The van der Waals surface area contributed by atoms with E-state index in [9.17, 15) is 9.59 Å². The van der Waals surface area contributed by atoms with Crippen LogP contribution in [-0.4, -0.2) is 5.12 Å². The molecule has 0 fully saturated rings. The van der Waals surface area contributed by atoms with Crippen LogP contribution in [0.15, 0.2) is 90.6 Å². The number of hydrogen-bond acceptors (Lipinski definition) is 7. The van der Waals surface area contributed by atoms with Crippen LogP contribution in [-0.2, 0) is 0 Å². The van der Waals surface area contributed by atoms with Gasteiger partial charge in [0.25, 0.3) is 0 Å². The molecule has 30 heavy (non-hydrogen) atoms. The largest absolute Gasteiger partial charge is 0.422 e. The Kier molecular flexibility index (Phi) is 6.34. The first-order chi connectivity index (χ1) is 14.5. The molecule has 1 aliphatic heterocycles. The highest BCUT2D eigenvalue weighted by molar-refractivity contribution is 8.68. The van der Waals surface area contributed by atoms with Crippen molar-refractivity contribution in [2.75, 3.05) is 0 Å². The summed E-state index contributed by atoms with van der Waals surface area (Å²) in [6.07, 6.45) is 0. The summed E-state index contributed by atoms with van der Waals surface area (Å²) in [5.74, 6) is 0.435. The van der Waals surface area contributed by atoms with Gasteiger partial charge in [-0.1, -0.05) is 40.6 Å². The number of carbonyl (C=O) groups is 1. The van der Waals surface area contributed by atoms with Crippen LogP contribution < -0.4 is 5.63 Å². The third-order valence-electron chi connectivity index (χ3n) is 4.59. The van der Waals surface area contributed by atoms with E-state index in [4.69, 9.17) is 4.42 Å². The molecule has 4 rings (SSSR count). The van der Waals surface area contributed by atoms with Crippen molar-refractivity contribution in [1.29, 1.82) is 0 Å². The van der Waals surface area contributed by atoms with Crippen molar-refractivity contribution in [2.24, 2.45) is 0 Å². The van der Waals surface area contributed by atoms with Gasteiger partial charge in [-0.25, -0.2) is 4.79 Å². The first kappa shape index (κ1) is 21.2. The SMILES string of the molecule is Cc1ccc(-c2c3ccc(SS)c(SC(=O)c4ccc(S)cc4)cc-3oc2=O)cc1. The summed E-state index contributed by atoms with van der Waals surface area (Å²) in [7, 11) is 1.24. The quantitative estimate of drug-likeness (QED) is 0.194. The summed E-state index contributed by atoms with van der Waals surface area (Å²) in [5, 5.41) is -0.112. The fraction of sp³-hybridized carbons (Fsp3) is 0.0435. The van der Waals surface area contributed by atoms with Gasteiger partial charge < -0.3 is 4.42 Å². The van der Waals surface area contributed by atoms with Crippen LogP contribution in [0.5, 0.6) is 0 Å². The van der Waals surface area contributed by atoms with E-state index in [-0.39, 0.29) is 5.12 Å². The fourth-order valence-electron chi connectivity index (χ4n) is 3.05. The van der Waals surface area contributed by atoms with E-state index >= 15 is 0 Å². The highest BCUT2D eigenvalue weighted by Crippen LogP contribution is 2.40. The second-order valence-corrected chi connectivity index (χ2v) is 9.34. The van der Waals surface area contributed by atoms with Crippen LogP contribution in [0.2, 0.25) is 0 Å². The van der Waals surface area contributed by atoms with E-state index in [1.54, 1.807) is 30.3 Å². The molecule has 0 atom stereocenters. The minimum atomic E-state index is -0.397. The summed E-state index contributed by atoms with van der Waals surface area (Å²) in [5.41, 5.74) is 3.30. The average Bonchev–Trinajstić information content (AvgIpc) is 2.94. The molecule has 150 valence electrons. The van der Waals surface area contributed by atoms with Crippen LogP contribution in [0.3, 0.4) is 0 Å². The number of aryl methyl sites for hydroxylation is 1. The van der Waals surface area contributed by atoms with Gasteiger partial charge in [-0.15, -0.1) is 24.3 Å². The standard InChI is InChI=1S/C23H16O3S4/c1-13-2-4-14(5-3-13)21-17-10-11-19(30-28)20(12-18(17)26-22(21)24)29-23(25)15-6-8-16(27)9-7-15/h2-12,27-28H,1H3. The number of rotatable bonds is 4. The fourth-order valence-corrected chi connectivity index (χ4v) is 5.18. The Bertz CT molecular complexity index is 1250. The van der Waals surface area contributed by atoms with Gasteiger partial charge in [0.1, 0.15) is 5.76 Å². The molecule has 0 bridgehead atoms. The molecule has 1 heterocycles. The molecular weight excluding hydrogens is 453 g/mol.